The van der Waals surface area contributed by atoms with Crippen LogP contribution in [0.2, 0.25) is 10.0 Å². The van der Waals surface area contributed by atoms with Gasteiger partial charge in [-0.3, -0.25) is 0 Å². The summed E-state index contributed by atoms with van der Waals surface area (Å²) >= 11 is 12.1. The third-order valence-electron chi connectivity index (χ3n) is 3.56. The minimum Gasteiger partial charge on any atom is -0.458 e. The third kappa shape index (κ3) is 3.08. The molecule has 1 aromatic heterocycles. The molecule has 1 atom stereocenters. The summed E-state index contributed by atoms with van der Waals surface area (Å²) in [6.45, 7) is 0. The monoisotopic (exact) mass is 319 g/mol. The lowest BCUT2D eigenvalue weighted by atomic mass is 10.0. The quantitative estimate of drug-likeness (QED) is 0.711. The molecule has 0 bridgehead atoms. The van der Waals surface area contributed by atoms with Gasteiger partial charge in [-0.05, 0) is 43.3 Å². The first kappa shape index (κ1) is 14.5. The maximum atomic E-state index is 6.17. The van der Waals surface area contributed by atoms with Gasteiger partial charge in [0.25, 0.3) is 0 Å². The van der Waals surface area contributed by atoms with Crippen LogP contribution in [0.5, 0.6) is 0 Å². The number of benzene rings is 2. The van der Waals surface area contributed by atoms with Crippen LogP contribution in [0.25, 0.3) is 11.0 Å². The summed E-state index contributed by atoms with van der Waals surface area (Å²) in [5, 5.41) is 5.70. The van der Waals surface area contributed by atoms with Gasteiger partial charge >= 0.3 is 0 Å². The Balaban J connectivity index is 1.90. The Kier molecular flexibility index (Phi) is 4.20. The van der Waals surface area contributed by atoms with E-state index in [9.17, 15) is 0 Å². The second-order valence-corrected chi connectivity index (χ2v) is 5.82. The summed E-state index contributed by atoms with van der Waals surface area (Å²) in [6, 6.07) is 15.8. The Hall–Kier alpha value is -1.48. The van der Waals surface area contributed by atoms with Crippen molar-refractivity contribution >= 4 is 34.2 Å². The van der Waals surface area contributed by atoms with E-state index in [1.807, 2.05) is 55.6 Å². The van der Waals surface area contributed by atoms with Crippen molar-refractivity contribution in [3.63, 3.8) is 0 Å². The maximum absolute atomic E-state index is 6.17. The molecule has 2 nitrogen and oxygen atoms in total. The number of halogens is 2. The van der Waals surface area contributed by atoms with E-state index in [-0.39, 0.29) is 6.04 Å². The highest BCUT2D eigenvalue weighted by Crippen LogP contribution is 2.30. The van der Waals surface area contributed by atoms with Gasteiger partial charge in [-0.15, -0.1) is 0 Å². The average Bonchev–Trinajstić information content (AvgIpc) is 2.92. The fourth-order valence-corrected chi connectivity index (χ4v) is 2.77. The predicted octanol–water partition coefficient (Wildman–Crippen LogP) is 5.24. The van der Waals surface area contributed by atoms with E-state index in [1.165, 1.54) is 5.56 Å². The molecule has 108 valence electrons. The predicted molar refractivity (Wildman–Crippen MR) is 88.2 cm³/mol. The Morgan fingerprint density at radius 1 is 1.10 bits per heavy atom. The first-order valence-corrected chi connectivity index (χ1v) is 7.52. The van der Waals surface area contributed by atoms with Crippen molar-refractivity contribution in [2.45, 2.75) is 12.5 Å². The number of nitrogens with one attached hydrogen (secondary N) is 1. The number of rotatable bonds is 4. The SMILES string of the molecule is CNC(Cc1ccc(Cl)cc1)c1cc2cccc(Cl)c2o1. The van der Waals surface area contributed by atoms with Crippen molar-refractivity contribution in [3.8, 4) is 0 Å². The van der Waals surface area contributed by atoms with Crippen molar-refractivity contribution in [1.29, 1.82) is 0 Å². The number of para-hydroxylation sites is 1. The molecule has 1 unspecified atom stereocenters. The number of hydrogen-bond acceptors (Lipinski definition) is 2. The van der Waals surface area contributed by atoms with Gasteiger partial charge in [-0.25, -0.2) is 0 Å². The van der Waals surface area contributed by atoms with Crippen LogP contribution in [0.15, 0.2) is 52.9 Å². The largest absolute Gasteiger partial charge is 0.458 e. The Morgan fingerprint density at radius 2 is 1.86 bits per heavy atom. The van der Waals surface area contributed by atoms with E-state index < -0.39 is 0 Å². The highest BCUT2D eigenvalue weighted by Gasteiger charge is 2.16. The molecule has 0 saturated heterocycles. The number of fused-ring (bicyclic) bond motifs is 1. The topological polar surface area (TPSA) is 25.2 Å². The molecule has 0 fully saturated rings. The third-order valence-corrected chi connectivity index (χ3v) is 4.11. The maximum Gasteiger partial charge on any atom is 0.152 e. The van der Waals surface area contributed by atoms with Gasteiger partial charge in [0.15, 0.2) is 5.58 Å². The van der Waals surface area contributed by atoms with Crippen molar-refractivity contribution in [2.24, 2.45) is 0 Å². The van der Waals surface area contributed by atoms with E-state index in [1.54, 1.807) is 0 Å². The standard InChI is InChI=1S/C17H15Cl2NO/c1-20-15(9-11-5-7-13(18)8-6-11)16-10-12-3-2-4-14(19)17(12)21-16/h2-8,10,15,20H,9H2,1H3. The second-order valence-electron chi connectivity index (χ2n) is 4.98. The van der Waals surface area contributed by atoms with Crippen molar-refractivity contribution in [1.82, 2.24) is 5.32 Å². The van der Waals surface area contributed by atoms with Crippen LogP contribution in [0.4, 0.5) is 0 Å². The van der Waals surface area contributed by atoms with Crippen LogP contribution < -0.4 is 5.32 Å². The molecule has 4 heteroatoms. The van der Waals surface area contributed by atoms with Crippen LogP contribution in [0.3, 0.4) is 0 Å². The molecule has 0 saturated carbocycles. The lowest BCUT2D eigenvalue weighted by Crippen LogP contribution is -2.18. The van der Waals surface area contributed by atoms with Gasteiger partial charge in [0.2, 0.25) is 0 Å². The van der Waals surface area contributed by atoms with Crippen LogP contribution >= 0.6 is 23.2 Å². The van der Waals surface area contributed by atoms with Gasteiger partial charge in [-0.2, -0.15) is 0 Å². The lowest BCUT2D eigenvalue weighted by Gasteiger charge is -2.13. The van der Waals surface area contributed by atoms with Crippen molar-refractivity contribution in [3.05, 3.63) is 69.9 Å². The lowest BCUT2D eigenvalue weighted by molar-refractivity contribution is 0.451. The Morgan fingerprint density at radius 3 is 2.52 bits per heavy atom. The molecule has 1 heterocycles. The van der Waals surface area contributed by atoms with Gasteiger partial charge < -0.3 is 9.73 Å². The zero-order chi connectivity index (χ0) is 14.8. The second kappa shape index (κ2) is 6.10. The van der Waals surface area contributed by atoms with Gasteiger partial charge in [0.05, 0.1) is 11.1 Å². The molecule has 0 radical (unpaired) electrons. The minimum absolute atomic E-state index is 0.0923. The summed E-state index contributed by atoms with van der Waals surface area (Å²) in [6.07, 6.45) is 0.825. The van der Waals surface area contributed by atoms with Gasteiger partial charge in [0, 0.05) is 10.4 Å². The normalized spacial score (nSPS) is 12.7. The molecular weight excluding hydrogens is 305 g/mol. The molecule has 0 aliphatic heterocycles. The molecule has 0 spiro atoms. The van der Waals surface area contributed by atoms with Crippen molar-refractivity contribution in [2.75, 3.05) is 7.05 Å². The van der Waals surface area contributed by atoms with Gasteiger partial charge in [-0.1, -0.05) is 47.5 Å². The van der Waals surface area contributed by atoms with E-state index in [0.29, 0.717) is 5.02 Å². The fourth-order valence-electron chi connectivity index (χ4n) is 2.42. The van der Waals surface area contributed by atoms with E-state index >= 15 is 0 Å². The molecule has 0 aliphatic rings. The summed E-state index contributed by atoms with van der Waals surface area (Å²) in [7, 11) is 1.93. The van der Waals surface area contributed by atoms with E-state index in [0.717, 1.165) is 28.2 Å². The van der Waals surface area contributed by atoms with Crippen molar-refractivity contribution < 1.29 is 4.42 Å². The zero-order valence-corrected chi connectivity index (χ0v) is 13.1. The zero-order valence-electron chi connectivity index (χ0n) is 11.6. The van der Waals surface area contributed by atoms with E-state index in [4.69, 9.17) is 27.6 Å². The first-order valence-electron chi connectivity index (χ1n) is 6.77. The van der Waals surface area contributed by atoms with Crippen LogP contribution in [-0.2, 0) is 6.42 Å². The molecule has 0 aliphatic carbocycles. The highest BCUT2D eigenvalue weighted by molar-refractivity contribution is 6.34. The molecule has 1 N–H and O–H groups in total. The van der Waals surface area contributed by atoms with E-state index in [2.05, 4.69) is 5.32 Å². The molecule has 3 rings (SSSR count). The molecule has 0 amide bonds. The number of likely N-dealkylation sites (N-methyl/N-ethyl adjacent to an activating group) is 1. The summed E-state index contributed by atoms with van der Waals surface area (Å²) < 4.78 is 5.93. The number of hydrogen-bond donors (Lipinski definition) is 1. The summed E-state index contributed by atoms with van der Waals surface area (Å²) in [5.41, 5.74) is 1.94. The summed E-state index contributed by atoms with van der Waals surface area (Å²) in [5.74, 6) is 0.885. The fraction of sp³-hybridized carbons (Fsp3) is 0.176. The minimum atomic E-state index is 0.0923. The highest BCUT2D eigenvalue weighted by atomic mass is 35.5. The molecule has 21 heavy (non-hydrogen) atoms. The van der Waals surface area contributed by atoms with Crippen LogP contribution in [0.1, 0.15) is 17.4 Å². The average molecular weight is 320 g/mol. The molecular formula is C17H15Cl2NO. The van der Waals surface area contributed by atoms with Gasteiger partial charge in [0.1, 0.15) is 5.76 Å². The Labute approximate surface area is 133 Å². The smallest absolute Gasteiger partial charge is 0.152 e. The molecule has 2 aromatic carbocycles. The first-order chi connectivity index (χ1) is 10.2. The summed E-state index contributed by atoms with van der Waals surface area (Å²) in [4.78, 5) is 0. The molecule has 3 aromatic rings. The van der Waals surface area contributed by atoms with Crippen LogP contribution in [-0.4, -0.2) is 7.05 Å². The number of furan rings is 1. The Bertz CT molecular complexity index is 749. The van der Waals surface area contributed by atoms with Crippen LogP contribution in [0, 0.1) is 0 Å².